The Bertz CT molecular complexity index is 981. The van der Waals surface area contributed by atoms with Crippen molar-refractivity contribution in [3.63, 3.8) is 0 Å². The molecule has 31 heavy (non-hydrogen) atoms. The molecule has 0 aliphatic rings. The normalized spacial score (nSPS) is 12.2. The molecule has 0 amide bonds. The number of nitrogens with zero attached hydrogens (tertiary/aromatic N) is 1. The number of benzene rings is 2. The quantitative estimate of drug-likeness (QED) is 0.178. The van der Waals surface area contributed by atoms with E-state index in [1.54, 1.807) is 0 Å². The first kappa shape index (κ1) is 24.1. The topological polar surface area (TPSA) is 105 Å². The fourth-order valence-electron chi connectivity index (χ4n) is 2.29. The number of Topliss-reactive ketones (excluding diaryl/α,β-unsaturated/α-hetero) is 1. The van der Waals surface area contributed by atoms with E-state index in [2.05, 4.69) is 4.74 Å². The van der Waals surface area contributed by atoms with Crippen molar-refractivity contribution in [3.05, 3.63) is 68.7 Å². The van der Waals surface area contributed by atoms with E-state index < -0.39 is 41.3 Å². The summed E-state index contributed by atoms with van der Waals surface area (Å²) in [5, 5.41) is 10.6. The zero-order valence-corrected chi connectivity index (χ0v) is 16.6. The molecule has 2 rings (SSSR count). The molecule has 0 N–H and O–H groups in total. The van der Waals surface area contributed by atoms with Crippen LogP contribution < -0.4 is 4.74 Å². The van der Waals surface area contributed by atoms with Gasteiger partial charge in [0, 0.05) is 5.56 Å². The molecule has 2 aromatic rings. The van der Waals surface area contributed by atoms with E-state index in [0.29, 0.717) is 6.07 Å². The maximum atomic E-state index is 12.7. The number of carbonyl (C=O) groups excluding carboxylic acids is 2. The molecular weight excluding hydrogens is 447 g/mol. The average Bonchev–Trinajstić information content (AvgIpc) is 2.69. The fourth-order valence-corrected chi connectivity index (χ4v) is 2.51. The fraction of sp³-hybridized carbons (Fsp3) is 0.263. The Labute approximate surface area is 178 Å². The third-order valence-electron chi connectivity index (χ3n) is 3.70. The summed E-state index contributed by atoms with van der Waals surface area (Å²) in [5.41, 5.74) is -0.931. The van der Waals surface area contributed by atoms with E-state index in [-0.39, 0.29) is 28.7 Å². The second-order valence-corrected chi connectivity index (χ2v) is 6.30. The van der Waals surface area contributed by atoms with Gasteiger partial charge in [-0.05, 0) is 37.3 Å². The lowest BCUT2D eigenvalue weighted by Gasteiger charge is -2.12. The Kier molecular flexibility index (Phi) is 7.95. The molecule has 0 spiro atoms. The van der Waals surface area contributed by atoms with Crippen LogP contribution in [0, 0.1) is 10.1 Å². The van der Waals surface area contributed by atoms with Crippen LogP contribution in [0.4, 0.5) is 13.2 Å². The van der Waals surface area contributed by atoms with Crippen molar-refractivity contribution in [2.45, 2.75) is 19.3 Å². The summed E-state index contributed by atoms with van der Waals surface area (Å²) in [5.74, 6) is -1.95. The van der Waals surface area contributed by atoms with Crippen molar-refractivity contribution in [1.29, 1.82) is 0 Å². The van der Waals surface area contributed by atoms with E-state index in [4.69, 9.17) is 21.1 Å². The zero-order chi connectivity index (χ0) is 23.2. The highest BCUT2D eigenvalue weighted by Gasteiger charge is 2.33. The van der Waals surface area contributed by atoms with Gasteiger partial charge in [-0.15, -0.1) is 0 Å². The number of carbonyl (C=O) groups is 2. The lowest BCUT2D eigenvalue weighted by Crippen LogP contribution is -2.35. The van der Waals surface area contributed by atoms with Gasteiger partial charge in [-0.2, -0.15) is 13.2 Å². The molecule has 0 saturated heterocycles. The van der Waals surface area contributed by atoms with Crippen molar-refractivity contribution >= 4 is 23.4 Å². The predicted octanol–water partition coefficient (Wildman–Crippen LogP) is 4.52. The molecule has 0 fully saturated rings. The van der Waals surface area contributed by atoms with Crippen molar-refractivity contribution in [2.24, 2.45) is 0 Å². The number of esters is 1. The SMILES string of the molecule is CCOC(=O)C(OCC(=O)c1cccc(Oc2ccc(C(F)(F)F)cc2Cl)c1)[N+](=O)[O-]. The first-order valence-corrected chi connectivity index (χ1v) is 9.00. The smallest absolute Gasteiger partial charge is 0.416 e. The third kappa shape index (κ3) is 6.66. The van der Waals surface area contributed by atoms with Gasteiger partial charge in [-0.3, -0.25) is 19.6 Å². The summed E-state index contributed by atoms with van der Waals surface area (Å²) in [6, 6.07) is 7.96. The van der Waals surface area contributed by atoms with Crippen LogP contribution in [-0.4, -0.2) is 36.1 Å². The van der Waals surface area contributed by atoms with Gasteiger partial charge in [0.05, 0.1) is 22.1 Å². The number of ketones is 1. The Balaban J connectivity index is 2.10. The molecule has 166 valence electrons. The second-order valence-electron chi connectivity index (χ2n) is 5.90. The number of halogens is 4. The van der Waals surface area contributed by atoms with Crippen LogP contribution >= 0.6 is 11.6 Å². The minimum atomic E-state index is -4.57. The average molecular weight is 462 g/mol. The van der Waals surface area contributed by atoms with Crippen LogP contribution in [0.15, 0.2) is 42.5 Å². The van der Waals surface area contributed by atoms with Crippen molar-refractivity contribution < 1.29 is 41.9 Å². The molecule has 0 aliphatic carbocycles. The second kappa shape index (κ2) is 10.2. The first-order chi connectivity index (χ1) is 14.5. The van der Waals surface area contributed by atoms with Crippen molar-refractivity contribution in [3.8, 4) is 11.5 Å². The first-order valence-electron chi connectivity index (χ1n) is 8.62. The van der Waals surface area contributed by atoms with E-state index in [0.717, 1.165) is 12.1 Å². The van der Waals surface area contributed by atoms with Crippen LogP contribution in [0.1, 0.15) is 22.8 Å². The van der Waals surface area contributed by atoms with Crippen LogP contribution in [0.5, 0.6) is 11.5 Å². The summed E-state index contributed by atoms with van der Waals surface area (Å²) in [6.45, 7) is 0.551. The van der Waals surface area contributed by atoms with E-state index in [1.165, 1.54) is 31.2 Å². The van der Waals surface area contributed by atoms with Crippen LogP contribution in [0.25, 0.3) is 0 Å². The van der Waals surface area contributed by atoms with Crippen molar-refractivity contribution in [1.82, 2.24) is 0 Å². The highest BCUT2D eigenvalue weighted by molar-refractivity contribution is 6.32. The maximum Gasteiger partial charge on any atom is 0.416 e. The molecule has 1 unspecified atom stereocenters. The standard InChI is InChI=1S/C19H15ClF3NO7/c1-2-29-18(26)17(24(27)28)30-10-15(25)11-4-3-5-13(8-11)31-16-7-6-12(9-14(16)20)19(21,22)23/h3-9,17H,2,10H2,1H3. The molecule has 0 aromatic heterocycles. The number of ether oxygens (including phenoxy) is 3. The number of rotatable bonds is 9. The number of hydrogen-bond donors (Lipinski definition) is 0. The van der Waals surface area contributed by atoms with Gasteiger partial charge in [0.2, 0.25) is 0 Å². The minimum Gasteiger partial charge on any atom is -0.459 e. The lowest BCUT2D eigenvalue weighted by molar-refractivity contribution is -0.560. The summed E-state index contributed by atoms with van der Waals surface area (Å²) >= 11 is 5.84. The number of alkyl halides is 3. The van der Waals surface area contributed by atoms with E-state index >= 15 is 0 Å². The Morgan fingerprint density at radius 3 is 2.48 bits per heavy atom. The summed E-state index contributed by atoms with van der Waals surface area (Å²) in [7, 11) is 0. The minimum absolute atomic E-state index is 0.0199. The molecule has 0 saturated carbocycles. The molecule has 0 bridgehead atoms. The van der Waals surface area contributed by atoms with Gasteiger partial charge in [-0.1, -0.05) is 23.7 Å². The van der Waals surface area contributed by atoms with E-state index in [9.17, 15) is 32.9 Å². The number of nitro groups is 1. The predicted molar refractivity (Wildman–Crippen MR) is 101 cm³/mol. The molecular formula is C19H15ClF3NO7. The summed E-state index contributed by atoms with van der Waals surface area (Å²) < 4.78 is 52.9. The summed E-state index contributed by atoms with van der Waals surface area (Å²) in [6.07, 6.45) is -6.73. The highest BCUT2D eigenvalue weighted by atomic mass is 35.5. The van der Waals surface area contributed by atoms with Crippen LogP contribution in [0.3, 0.4) is 0 Å². The largest absolute Gasteiger partial charge is 0.459 e. The lowest BCUT2D eigenvalue weighted by atomic mass is 10.1. The third-order valence-corrected chi connectivity index (χ3v) is 3.99. The molecule has 0 aliphatic heterocycles. The molecule has 0 heterocycles. The monoisotopic (exact) mass is 461 g/mol. The zero-order valence-electron chi connectivity index (χ0n) is 15.8. The molecule has 8 nitrogen and oxygen atoms in total. The van der Waals surface area contributed by atoms with Gasteiger partial charge >= 0.3 is 18.4 Å². The van der Waals surface area contributed by atoms with Crippen LogP contribution in [0.2, 0.25) is 5.02 Å². The maximum absolute atomic E-state index is 12.7. The Morgan fingerprint density at radius 2 is 1.90 bits per heavy atom. The van der Waals surface area contributed by atoms with E-state index in [1.807, 2.05) is 0 Å². The molecule has 1 atom stereocenters. The molecule has 0 radical (unpaired) electrons. The molecule has 2 aromatic carbocycles. The van der Waals surface area contributed by atoms with Crippen LogP contribution in [-0.2, 0) is 20.4 Å². The van der Waals surface area contributed by atoms with Gasteiger partial charge in [0.15, 0.2) is 5.78 Å². The van der Waals surface area contributed by atoms with Gasteiger partial charge in [0.1, 0.15) is 18.1 Å². The van der Waals surface area contributed by atoms with Gasteiger partial charge in [0.25, 0.3) is 0 Å². The highest BCUT2D eigenvalue weighted by Crippen LogP contribution is 2.36. The van der Waals surface area contributed by atoms with Crippen molar-refractivity contribution in [2.75, 3.05) is 13.2 Å². The summed E-state index contributed by atoms with van der Waals surface area (Å²) in [4.78, 5) is 33.7. The Morgan fingerprint density at radius 1 is 1.19 bits per heavy atom. The van der Waals surface area contributed by atoms with Gasteiger partial charge in [-0.25, -0.2) is 4.79 Å². The number of hydrogen-bond acceptors (Lipinski definition) is 7. The Hall–Kier alpha value is -3.18. The van der Waals surface area contributed by atoms with Gasteiger partial charge < -0.3 is 9.47 Å². The molecule has 12 heteroatoms.